The van der Waals surface area contributed by atoms with Crippen molar-refractivity contribution in [3.63, 3.8) is 0 Å². The molecule has 1 fully saturated rings. The van der Waals surface area contributed by atoms with E-state index < -0.39 is 0 Å². The van der Waals surface area contributed by atoms with Crippen LogP contribution in [0.2, 0.25) is 0 Å². The van der Waals surface area contributed by atoms with Crippen LogP contribution in [0.25, 0.3) is 16.8 Å². The fraction of sp³-hybridized carbons (Fsp3) is 0.478. The molecule has 5 rings (SSSR count). The van der Waals surface area contributed by atoms with Crippen LogP contribution in [0.15, 0.2) is 42.7 Å². The maximum atomic E-state index is 6.09. The minimum absolute atomic E-state index is 0.613. The van der Waals surface area contributed by atoms with Gasteiger partial charge in [-0.15, -0.1) is 0 Å². The quantitative estimate of drug-likeness (QED) is 0.663. The van der Waals surface area contributed by atoms with Crippen molar-refractivity contribution in [3.05, 3.63) is 42.7 Å². The Hall–Kier alpha value is -2.64. The van der Waals surface area contributed by atoms with E-state index in [0.717, 1.165) is 42.2 Å². The Morgan fingerprint density at radius 3 is 2.57 bits per heavy atom. The molecule has 30 heavy (non-hydrogen) atoms. The molecule has 0 amide bonds. The molecule has 0 spiro atoms. The summed E-state index contributed by atoms with van der Waals surface area (Å²) in [6, 6.07) is 10.0. The first-order valence-corrected chi connectivity index (χ1v) is 11.0. The maximum Gasteiger partial charge on any atom is 0.216 e. The molecule has 3 aromatic rings. The van der Waals surface area contributed by atoms with Crippen molar-refractivity contribution >= 4 is 5.65 Å². The second kappa shape index (κ2) is 9.02. The Bertz CT molecular complexity index is 983. The van der Waals surface area contributed by atoms with Crippen molar-refractivity contribution in [1.82, 2.24) is 24.4 Å². The molecule has 158 valence electrons. The van der Waals surface area contributed by atoms with Gasteiger partial charge in [0.25, 0.3) is 0 Å². The topological polar surface area (TPSA) is 55.1 Å². The van der Waals surface area contributed by atoms with Gasteiger partial charge in [0.15, 0.2) is 5.65 Å². The molecule has 4 bridgehead atoms. The highest BCUT2D eigenvalue weighted by Gasteiger charge is 2.14. The summed E-state index contributed by atoms with van der Waals surface area (Å²) >= 11 is 0. The van der Waals surface area contributed by atoms with Crippen LogP contribution in [-0.2, 0) is 0 Å². The largest absolute Gasteiger partial charge is 0.492 e. The van der Waals surface area contributed by atoms with Crippen molar-refractivity contribution in [2.45, 2.75) is 19.3 Å². The Kier molecular flexibility index (Phi) is 5.81. The molecule has 7 nitrogen and oxygen atoms in total. The smallest absolute Gasteiger partial charge is 0.216 e. The van der Waals surface area contributed by atoms with Gasteiger partial charge in [0.05, 0.1) is 6.20 Å². The van der Waals surface area contributed by atoms with E-state index in [2.05, 4.69) is 27.0 Å². The van der Waals surface area contributed by atoms with Crippen molar-refractivity contribution < 1.29 is 9.47 Å². The van der Waals surface area contributed by atoms with E-state index >= 15 is 0 Å². The predicted octanol–water partition coefficient (Wildman–Crippen LogP) is 2.96. The van der Waals surface area contributed by atoms with Crippen molar-refractivity contribution in [1.29, 1.82) is 0 Å². The lowest BCUT2D eigenvalue weighted by Gasteiger charge is -2.24. The average molecular weight is 408 g/mol. The lowest BCUT2D eigenvalue weighted by atomic mass is 10.1. The Morgan fingerprint density at radius 2 is 1.70 bits per heavy atom. The van der Waals surface area contributed by atoms with Crippen LogP contribution in [0, 0.1) is 0 Å². The third-order valence-electron chi connectivity index (χ3n) is 5.97. The number of hydrogen-bond acceptors (Lipinski definition) is 6. The van der Waals surface area contributed by atoms with Crippen LogP contribution < -0.4 is 9.47 Å². The predicted molar refractivity (Wildman–Crippen MR) is 116 cm³/mol. The summed E-state index contributed by atoms with van der Waals surface area (Å²) in [7, 11) is 0. The number of benzene rings is 1. The fourth-order valence-corrected chi connectivity index (χ4v) is 4.32. The molecule has 2 aromatic heterocycles. The minimum atomic E-state index is 0.613. The molecular weight excluding hydrogens is 378 g/mol. The number of rotatable bonds is 4. The first-order chi connectivity index (χ1) is 14.8. The fourth-order valence-electron chi connectivity index (χ4n) is 4.32. The van der Waals surface area contributed by atoms with Crippen molar-refractivity contribution in [2.75, 3.05) is 52.5 Å². The molecule has 0 N–H and O–H groups in total. The van der Waals surface area contributed by atoms with Crippen molar-refractivity contribution in [3.8, 4) is 22.8 Å². The van der Waals surface area contributed by atoms with Crippen LogP contribution in [0.5, 0.6) is 11.6 Å². The summed E-state index contributed by atoms with van der Waals surface area (Å²) in [4.78, 5) is 9.72. The monoisotopic (exact) mass is 407 g/mol. The van der Waals surface area contributed by atoms with Crippen LogP contribution in [0.1, 0.15) is 19.3 Å². The number of nitrogens with zero attached hydrogens (tertiary/aromatic N) is 5. The van der Waals surface area contributed by atoms with Gasteiger partial charge in [-0.1, -0.05) is 12.1 Å². The van der Waals surface area contributed by atoms with Gasteiger partial charge in [-0.2, -0.15) is 10.1 Å². The van der Waals surface area contributed by atoms with E-state index in [0.29, 0.717) is 19.1 Å². The summed E-state index contributed by atoms with van der Waals surface area (Å²) in [6.45, 7) is 7.79. The molecule has 0 unspecified atom stereocenters. The van der Waals surface area contributed by atoms with E-state index in [1.807, 2.05) is 30.6 Å². The van der Waals surface area contributed by atoms with Gasteiger partial charge < -0.3 is 14.4 Å². The molecule has 0 saturated carbocycles. The first kappa shape index (κ1) is 19.3. The molecular formula is C23H29N5O2. The van der Waals surface area contributed by atoms with E-state index in [9.17, 15) is 0 Å². The molecule has 1 saturated heterocycles. The third kappa shape index (κ3) is 4.42. The Morgan fingerprint density at radius 1 is 0.900 bits per heavy atom. The van der Waals surface area contributed by atoms with E-state index in [-0.39, 0.29) is 0 Å². The van der Waals surface area contributed by atoms with E-state index in [1.165, 1.54) is 38.9 Å². The van der Waals surface area contributed by atoms with Crippen molar-refractivity contribution in [2.24, 2.45) is 0 Å². The van der Waals surface area contributed by atoms with Crippen LogP contribution in [-0.4, -0.2) is 76.9 Å². The summed E-state index contributed by atoms with van der Waals surface area (Å²) in [5.41, 5.74) is 2.82. The maximum absolute atomic E-state index is 6.09. The van der Waals surface area contributed by atoms with Gasteiger partial charge in [0, 0.05) is 30.9 Å². The highest BCUT2D eigenvalue weighted by atomic mass is 16.5. The highest BCUT2D eigenvalue weighted by Crippen LogP contribution is 2.27. The molecule has 0 radical (unpaired) electrons. The number of likely N-dealkylation sites (tertiary alicyclic amines) is 1. The van der Waals surface area contributed by atoms with E-state index in [1.54, 1.807) is 4.52 Å². The van der Waals surface area contributed by atoms with Crippen LogP contribution in [0.4, 0.5) is 0 Å². The zero-order chi connectivity index (χ0) is 20.2. The van der Waals surface area contributed by atoms with Gasteiger partial charge in [-0.3, -0.25) is 4.90 Å². The summed E-state index contributed by atoms with van der Waals surface area (Å²) in [5, 5.41) is 4.43. The summed E-state index contributed by atoms with van der Waals surface area (Å²) in [6.07, 6.45) is 7.63. The molecule has 2 aliphatic rings. The van der Waals surface area contributed by atoms with Gasteiger partial charge >= 0.3 is 0 Å². The minimum Gasteiger partial charge on any atom is -0.492 e. The number of ether oxygens (including phenoxy) is 2. The Labute approximate surface area is 177 Å². The van der Waals surface area contributed by atoms with Gasteiger partial charge in [-0.25, -0.2) is 4.52 Å². The van der Waals surface area contributed by atoms with Gasteiger partial charge in [-0.05, 0) is 63.1 Å². The molecule has 0 aliphatic carbocycles. The molecule has 2 aliphatic heterocycles. The lowest BCUT2D eigenvalue weighted by Crippen LogP contribution is -2.35. The van der Waals surface area contributed by atoms with Crippen LogP contribution in [0.3, 0.4) is 0 Å². The lowest BCUT2D eigenvalue weighted by molar-refractivity contribution is 0.167. The first-order valence-electron chi connectivity index (χ1n) is 11.0. The second-order valence-electron chi connectivity index (χ2n) is 8.06. The second-order valence-corrected chi connectivity index (χ2v) is 8.06. The van der Waals surface area contributed by atoms with Crippen LogP contribution >= 0.6 is 0 Å². The zero-order valence-electron chi connectivity index (χ0n) is 17.4. The summed E-state index contributed by atoms with van der Waals surface area (Å²) in [5.74, 6) is 1.53. The molecule has 4 heterocycles. The molecule has 7 heteroatoms. The van der Waals surface area contributed by atoms with E-state index in [4.69, 9.17) is 14.5 Å². The SMILES string of the molecule is c1cc2cc(c1)-c1cnn3ccc(nc13)OCCN(CCCN1CCCC1)CCO2. The number of fused-ring (bicyclic) bond motifs is 4. The summed E-state index contributed by atoms with van der Waals surface area (Å²) < 4.78 is 13.9. The molecule has 0 atom stereocenters. The van der Waals surface area contributed by atoms with Gasteiger partial charge in [0.1, 0.15) is 19.0 Å². The zero-order valence-corrected chi connectivity index (χ0v) is 17.4. The number of hydrogen-bond donors (Lipinski definition) is 0. The Balaban J connectivity index is 1.32. The normalized spacial score (nSPS) is 18.3. The van der Waals surface area contributed by atoms with Gasteiger partial charge in [0.2, 0.25) is 5.88 Å². The third-order valence-corrected chi connectivity index (χ3v) is 5.97. The standard InChI is InChI=1S/C23H29N5O2/c1-2-9-26(8-1)10-4-11-27-13-15-29-20-6-3-5-19(17-20)21-18-24-28-12-7-22(25-23(21)28)30-16-14-27/h3,5-7,12,17-18H,1-2,4,8-11,13-16H2. The average Bonchev–Trinajstić information content (AvgIpc) is 3.43. The number of aromatic nitrogens is 3. The molecule has 1 aromatic carbocycles. The highest BCUT2D eigenvalue weighted by molar-refractivity contribution is 5.77.